The molecule has 2 fully saturated rings. The molecule has 2 saturated carbocycles. The number of fused-ring (bicyclic) bond motifs is 3. The van der Waals surface area contributed by atoms with Crippen LogP contribution >= 0.6 is 11.6 Å². The van der Waals surface area contributed by atoms with Gasteiger partial charge in [0, 0.05) is 35.1 Å². The molecular formula is C32H29ClFN3O3. The van der Waals surface area contributed by atoms with E-state index in [-0.39, 0.29) is 29.0 Å². The number of benzene rings is 3. The standard InChI is InChI=1S/C32H29ClFN3O3/c1-36-30-8-7-21(14-25(30)17-35-36)22-5-6-24(29(33)15-22)18-37(32(40)28-13-19-2-4-23(28)10-19)27-12-20(3-9-31(38)39)11-26(34)16-27/h3,5-9,11-12,14-17,19,23,28H,2,4,10,13,18H2,1H3,(H,38,39)/b9-3+/t19-,23+,28-/m1/s1/i18D/t18?,19-,23+,28-. The van der Waals surface area contributed by atoms with Crippen molar-refractivity contribution in [2.24, 2.45) is 24.8 Å². The summed E-state index contributed by atoms with van der Waals surface area (Å²) in [4.78, 5) is 26.5. The molecular weight excluding hydrogens is 529 g/mol. The van der Waals surface area contributed by atoms with E-state index in [0.717, 1.165) is 53.8 Å². The monoisotopic (exact) mass is 558 g/mol. The van der Waals surface area contributed by atoms with E-state index in [1.807, 2.05) is 31.3 Å². The maximum atomic E-state index is 14.8. The molecule has 1 amide bonds. The predicted octanol–water partition coefficient (Wildman–Crippen LogP) is 7.10. The van der Waals surface area contributed by atoms with Crippen LogP contribution in [0.25, 0.3) is 28.1 Å². The second-order valence-electron chi connectivity index (χ2n) is 10.8. The van der Waals surface area contributed by atoms with Gasteiger partial charge in [-0.05, 0) is 95.8 Å². The molecule has 1 heterocycles. The molecule has 1 unspecified atom stereocenters. The number of carboxylic acid groups (broad SMARTS) is 1. The average molecular weight is 559 g/mol. The van der Waals surface area contributed by atoms with Crippen LogP contribution < -0.4 is 4.90 Å². The van der Waals surface area contributed by atoms with Crippen LogP contribution in [0.5, 0.6) is 0 Å². The highest BCUT2D eigenvalue weighted by Crippen LogP contribution is 2.49. The highest BCUT2D eigenvalue weighted by atomic mass is 35.5. The fourth-order valence-electron chi connectivity index (χ4n) is 6.28. The molecule has 6 rings (SSSR count). The number of anilines is 1. The quantitative estimate of drug-likeness (QED) is 0.245. The number of aryl methyl sites for hydroxylation is 1. The zero-order valence-electron chi connectivity index (χ0n) is 22.9. The minimum Gasteiger partial charge on any atom is -0.478 e. The Morgan fingerprint density at radius 3 is 2.67 bits per heavy atom. The Hall–Kier alpha value is -3.97. The first-order valence-corrected chi connectivity index (χ1v) is 13.7. The summed E-state index contributed by atoms with van der Waals surface area (Å²) in [5, 5.41) is 14.7. The average Bonchev–Trinajstić information content (AvgIpc) is 3.68. The maximum Gasteiger partial charge on any atom is 0.328 e. The third-order valence-corrected chi connectivity index (χ3v) is 8.57. The molecule has 1 N–H and O–H groups in total. The van der Waals surface area contributed by atoms with Crippen molar-refractivity contribution in [2.75, 3.05) is 4.90 Å². The zero-order valence-corrected chi connectivity index (χ0v) is 22.7. The van der Waals surface area contributed by atoms with Gasteiger partial charge in [0.15, 0.2) is 0 Å². The molecule has 2 aliphatic rings. The number of aromatic nitrogens is 2. The molecule has 2 aliphatic carbocycles. The number of hydrogen-bond donors (Lipinski definition) is 1. The lowest BCUT2D eigenvalue weighted by molar-refractivity contribution is -0.131. The van der Waals surface area contributed by atoms with Gasteiger partial charge in [-0.2, -0.15) is 5.10 Å². The van der Waals surface area contributed by atoms with Crippen LogP contribution in [0.3, 0.4) is 0 Å². The number of aliphatic carboxylic acids is 1. The third-order valence-electron chi connectivity index (χ3n) is 8.24. The minimum absolute atomic E-state index is 0.199. The Balaban J connectivity index is 1.38. The summed E-state index contributed by atoms with van der Waals surface area (Å²) in [6, 6.07) is 15.3. The summed E-state index contributed by atoms with van der Waals surface area (Å²) in [6.07, 6.45) is 7.83. The second-order valence-corrected chi connectivity index (χ2v) is 11.2. The van der Waals surface area contributed by atoms with Gasteiger partial charge in [-0.15, -0.1) is 0 Å². The Labute approximate surface area is 238 Å². The van der Waals surface area contributed by atoms with Gasteiger partial charge in [0.25, 0.3) is 0 Å². The summed E-state index contributed by atoms with van der Waals surface area (Å²) in [7, 11) is 1.88. The van der Waals surface area contributed by atoms with Gasteiger partial charge >= 0.3 is 5.97 Å². The van der Waals surface area contributed by atoms with Crippen LogP contribution in [0.2, 0.25) is 5.02 Å². The Bertz CT molecular complexity index is 1700. The molecule has 8 heteroatoms. The van der Waals surface area contributed by atoms with Crippen molar-refractivity contribution in [3.8, 4) is 11.1 Å². The molecule has 204 valence electrons. The predicted molar refractivity (Wildman–Crippen MR) is 154 cm³/mol. The Morgan fingerprint density at radius 1 is 1.15 bits per heavy atom. The van der Waals surface area contributed by atoms with Gasteiger partial charge in [-0.3, -0.25) is 9.48 Å². The molecule has 0 spiro atoms. The fraction of sp³-hybridized carbons (Fsp3) is 0.281. The number of carbonyl (C=O) groups excluding carboxylic acids is 1. The van der Waals surface area contributed by atoms with Crippen molar-refractivity contribution >= 4 is 46.1 Å². The molecule has 1 aromatic heterocycles. The third kappa shape index (κ3) is 5.13. The van der Waals surface area contributed by atoms with E-state index in [4.69, 9.17) is 16.7 Å². The number of amides is 1. The van der Waals surface area contributed by atoms with Crippen molar-refractivity contribution in [2.45, 2.75) is 32.2 Å². The van der Waals surface area contributed by atoms with Crippen LogP contribution in [-0.4, -0.2) is 26.8 Å². The van der Waals surface area contributed by atoms with Crippen molar-refractivity contribution in [3.05, 3.63) is 88.8 Å². The van der Waals surface area contributed by atoms with E-state index >= 15 is 0 Å². The van der Waals surface area contributed by atoms with E-state index in [2.05, 4.69) is 5.10 Å². The topological polar surface area (TPSA) is 75.4 Å². The first kappa shape index (κ1) is 25.0. The van der Waals surface area contributed by atoms with E-state index in [1.165, 1.54) is 23.1 Å². The maximum absolute atomic E-state index is 14.8. The fourth-order valence-corrected chi connectivity index (χ4v) is 6.51. The molecule has 0 saturated heterocycles. The lowest BCUT2D eigenvalue weighted by Crippen LogP contribution is -2.38. The molecule has 0 aliphatic heterocycles. The van der Waals surface area contributed by atoms with Crippen molar-refractivity contribution < 1.29 is 20.5 Å². The summed E-state index contributed by atoms with van der Waals surface area (Å²) in [5.41, 5.74) is 3.70. The summed E-state index contributed by atoms with van der Waals surface area (Å²) >= 11 is 6.78. The first-order valence-electron chi connectivity index (χ1n) is 13.9. The Morgan fingerprint density at radius 2 is 1.95 bits per heavy atom. The van der Waals surface area contributed by atoms with Gasteiger partial charge in [0.05, 0.1) is 19.6 Å². The number of carbonyl (C=O) groups is 2. The first-order chi connectivity index (χ1) is 19.7. The summed E-state index contributed by atoms with van der Waals surface area (Å²) < 4.78 is 25.8. The number of halogens is 2. The van der Waals surface area contributed by atoms with E-state index in [0.29, 0.717) is 16.5 Å². The zero-order chi connectivity index (χ0) is 28.8. The van der Waals surface area contributed by atoms with Gasteiger partial charge < -0.3 is 10.0 Å². The number of nitrogens with zero attached hydrogens (tertiary/aromatic N) is 3. The Kier molecular flexibility index (Phi) is 6.60. The van der Waals surface area contributed by atoms with Gasteiger partial charge in [-0.25, -0.2) is 9.18 Å². The number of hydrogen-bond acceptors (Lipinski definition) is 3. The molecule has 4 atom stereocenters. The molecule has 2 bridgehead atoms. The molecule has 6 nitrogen and oxygen atoms in total. The summed E-state index contributed by atoms with van der Waals surface area (Å²) in [5.74, 6) is -1.51. The van der Waals surface area contributed by atoms with Crippen LogP contribution in [0, 0.1) is 23.6 Å². The molecule has 4 aromatic rings. The highest BCUT2D eigenvalue weighted by Gasteiger charge is 2.44. The summed E-state index contributed by atoms with van der Waals surface area (Å²) in [6.45, 7) is -1.23. The molecule has 40 heavy (non-hydrogen) atoms. The minimum atomic E-state index is -1.23. The van der Waals surface area contributed by atoms with Crippen molar-refractivity contribution in [1.29, 1.82) is 0 Å². The van der Waals surface area contributed by atoms with Crippen LogP contribution in [-0.2, 0) is 23.2 Å². The van der Waals surface area contributed by atoms with Crippen LogP contribution in [0.15, 0.2) is 66.9 Å². The molecule has 0 radical (unpaired) electrons. The van der Waals surface area contributed by atoms with E-state index < -0.39 is 18.3 Å². The van der Waals surface area contributed by atoms with Gasteiger partial charge in [0.1, 0.15) is 5.82 Å². The number of rotatable bonds is 7. The normalized spacial score (nSPS) is 21.2. The highest BCUT2D eigenvalue weighted by molar-refractivity contribution is 6.31. The lowest BCUT2D eigenvalue weighted by atomic mass is 9.87. The van der Waals surface area contributed by atoms with Crippen LogP contribution in [0.1, 0.15) is 38.2 Å². The van der Waals surface area contributed by atoms with Crippen LogP contribution in [0.4, 0.5) is 10.1 Å². The van der Waals surface area contributed by atoms with Gasteiger partial charge in [0.2, 0.25) is 5.91 Å². The smallest absolute Gasteiger partial charge is 0.328 e. The van der Waals surface area contributed by atoms with Crippen molar-refractivity contribution in [1.82, 2.24) is 9.78 Å². The number of carboxylic acids is 1. The lowest BCUT2D eigenvalue weighted by Gasteiger charge is -2.30. The SMILES string of the molecule is [2H]C(c1ccc(-c2ccc3c(cnn3C)c2)cc1Cl)N(C(=O)[C@@H]1C[C@@H]2CC[C@H]1C2)c1cc(F)cc(/C=C/C(=O)O)c1. The van der Waals surface area contributed by atoms with E-state index in [1.54, 1.807) is 29.1 Å². The largest absolute Gasteiger partial charge is 0.478 e. The van der Waals surface area contributed by atoms with Crippen molar-refractivity contribution in [3.63, 3.8) is 0 Å². The van der Waals surface area contributed by atoms with E-state index in [9.17, 15) is 15.4 Å². The molecule has 3 aromatic carbocycles. The van der Waals surface area contributed by atoms with Gasteiger partial charge in [-0.1, -0.05) is 36.2 Å². The second kappa shape index (κ2) is 10.5.